The zero-order chi connectivity index (χ0) is 12.7. The third kappa shape index (κ3) is 5.77. The molecule has 0 radical (unpaired) electrons. The minimum atomic E-state index is -0.713. The smallest absolute Gasteiger partial charge is 0.0741 e. The number of hydrogen-bond donors (Lipinski definition) is 2. The molecule has 0 saturated heterocycles. The lowest BCUT2D eigenvalue weighted by atomic mass is 10.00. The minimum absolute atomic E-state index is 0.324. The van der Waals surface area contributed by atoms with Crippen molar-refractivity contribution >= 4 is 23.4 Å². The minimum Gasteiger partial charge on any atom is -0.389 e. The van der Waals surface area contributed by atoms with Gasteiger partial charge >= 0.3 is 0 Å². The molecule has 0 heterocycles. The first-order valence-electron chi connectivity index (χ1n) is 5.85. The Kier molecular flexibility index (Phi) is 6.34. The first-order valence-corrected chi connectivity index (χ1v) is 7.21. The van der Waals surface area contributed by atoms with Crippen LogP contribution in [0.4, 0.5) is 0 Å². The van der Waals surface area contributed by atoms with Crippen molar-refractivity contribution in [3.8, 4) is 0 Å². The molecular weight excluding hydrogens is 254 g/mol. The summed E-state index contributed by atoms with van der Waals surface area (Å²) in [7, 11) is 0. The Morgan fingerprint density at radius 3 is 2.71 bits per heavy atom. The highest BCUT2D eigenvalue weighted by atomic mass is 35.5. The summed E-state index contributed by atoms with van der Waals surface area (Å²) < 4.78 is 0. The normalized spacial score (nSPS) is 14.6. The van der Waals surface area contributed by atoms with Crippen LogP contribution in [0.25, 0.3) is 0 Å². The van der Waals surface area contributed by atoms with Crippen molar-refractivity contribution in [1.82, 2.24) is 0 Å². The maximum absolute atomic E-state index is 9.73. The van der Waals surface area contributed by atoms with Crippen LogP contribution in [-0.4, -0.2) is 23.0 Å². The summed E-state index contributed by atoms with van der Waals surface area (Å²) in [5, 5.41) is 10.5. The van der Waals surface area contributed by atoms with E-state index in [2.05, 4.69) is 0 Å². The van der Waals surface area contributed by atoms with E-state index in [1.165, 1.54) is 0 Å². The summed E-state index contributed by atoms with van der Waals surface area (Å²) in [6, 6.07) is 7.87. The van der Waals surface area contributed by atoms with Crippen LogP contribution in [-0.2, 0) is 0 Å². The highest BCUT2D eigenvalue weighted by molar-refractivity contribution is 7.99. The molecule has 4 heteroatoms. The van der Waals surface area contributed by atoms with Crippen molar-refractivity contribution in [2.75, 3.05) is 12.3 Å². The quantitative estimate of drug-likeness (QED) is 0.592. The van der Waals surface area contributed by atoms with Gasteiger partial charge in [0.2, 0.25) is 0 Å². The Balaban J connectivity index is 2.19. The van der Waals surface area contributed by atoms with Gasteiger partial charge in [-0.15, -0.1) is 11.8 Å². The van der Waals surface area contributed by atoms with E-state index in [9.17, 15) is 5.11 Å². The number of nitrogens with two attached hydrogens (primary N) is 1. The molecule has 17 heavy (non-hydrogen) atoms. The predicted octanol–water partition coefficient (Wildman–Crippen LogP) is 3.31. The number of hydrogen-bond acceptors (Lipinski definition) is 3. The largest absolute Gasteiger partial charge is 0.389 e. The number of benzene rings is 1. The second kappa shape index (κ2) is 7.27. The van der Waals surface area contributed by atoms with Gasteiger partial charge in [-0.1, -0.05) is 23.7 Å². The average Bonchev–Trinajstić information content (AvgIpc) is 2.31. The number of thioether (sulfide) groups is 1. The number of unbranched alkanes of at least 4 members (excludes halogenated alkanes) is 1. The van der Waals surface area contributed by atoms with E-state index in [-0.39, 0.29) is 0 Å². The number of halogens is 1. The SMILES string of the molecule is CC(O)(CN)CCCCSc1ccccc1Cl. The molecule has 0 aromatic heterocycles. The van der Waals surface area contributed by atoms with Gasteiger partial charge in [-0.3, -0.25) is 0 Å². The predicted molar refractivity (Wildman–Crippen MR) is 75.7 cm³/mol. The van der Waals surface area contributed by atoms with Crippen molar-refractivity contribution in [2.45, 2.75) is 36.7 Å². The van der Waals surface area contributed by atoms with Crippen molar-refractivity contribution in [3.63, 3.8) is 0 Å². The molecular formula is C13H20ClNOS. The van der Waals surface area contributed by atoms with Crippen LogP contribution in [0.5, 0.6) is 0 Å². The summed E-state index contributed by atoms with van der Waals surface area (Å²) in [5.74, 6) is 1.02. The average molecular weight is 274 g/mol. The first-order chi connectivity index (χ1) is 8.05. The molecule has 0 saturated carbocycles. The Bertz CT molecular complexity index is 344. The Labute approximate surface area is 113 Å². The molecule has 0 spiro atoms. The lowest BCUT2D eigenvalue weighted by Crippen LogP contribution is -2.33. The Hall–Kier alpha value is -0.220. The van der Waals surface area contributed by atoms with E-state index < -0.39 is 5.60 Å². The molecule has 2 nitrogen and oxygen atoms in total. The van der Waals surface area contributed by atoms with Gasteiger partial charge in [0.25, 0.3) is 0 Å². The first kappa shape index (κ1) is 14.8. The van der Waals surface area contributed by atoms with E-state index in [1.54, 1.807) is 18.7 Å². The van der Waals surface area contributed by atoms with Gasteiger partial charge in [0.1, 0.15) is 0 Å². The molecule has 1 rings (SSSR count). The van der Waals surface area contributed by atoms with E-state index in [4.69, 9.17) is 17.3 Å². The van der Waals surface area contributed by atoms with Crippen LogP contribution in [0.3, 0.4) is 0 Å². The zero-order valence-electron chi connectivity index (χ0n) is 10.2. The summed E-state index contributed by atoms with van der Waals surface area (Å²) >= 11 is 7.82. The van der Waals surface area contributed by atoms with Gasteiger partial charge in [0, 0.05) is 11.4 Å². The molecule has 1 aromatic carbocycles. The van der Waals surface area contributed by atoms with E-state index >= 15 is 0 Å². The van der Waals surface area contributed by atoms with E-state index in [0.29, 0.717) is 6.54 Å². The number of rotatable bonds is 7. The standard InChI is InChI=1S/C13H20ClNOS/c1-13(16,10-15)8-4-5-9-17-12-7-3-2-6-11(12)14/h2-3,6-7,16H,4-5,8-10,15H2,1H3. The molecule has 1 unspecified atom stereocenters. The van der Waals surface area contributed by atoms with Crippen LogP contribution >= 0.6 is 23.4 Å². The van der Waals surface area contributed by atoms with Gasteiger partial charge in [-0.2, -0.15) is 0 Å². The second-order valence-electron chi connectivity index (χ2n) is 4.44. The maximum Gasteiger partial charge on any atom is 0.0741 e. The van der Waals surface area contributed by atoms with Crippen molar-refractivity contribution < 1.29 is 5.11 Å². The molecule has 0 aliphatic carbocycles. The fourth-order valence-corrected chi connectivity index (χ4v) is 2.70. The molecule has 0 fully saturated rings. The van der Waals surface area contributed by atoms with Crippen LogP contribution in [0.1, 0.15) is 26.2 Å². The van der Waals surface area contributed by atoms with Gasteiger partial charge in [-0.05, 0) is 44.1 Å². The fraction of sp³-hybridized carbons (Fsp3) is 0.538. The topological polar surface area (TPSA) is 46.2 Å². The van der Waals surface area contributed by atoms with Gasteiger partial charge in [-0.25, -0.2) is 0 Å². The van der Waals surface area contributed by atoms with Crippen molar-refractivity contribution in [1.29, 1.82) is 0 Å². The highest BCUT2D eigenvalue weighted by Crippen LogP contribution is 2.27. The summed E-state index contributed by atoms with van der Waals surface area (Å²) in [6.45, 7) is 2.11. The summed E-state index contributed by atoms with van der Waals surface area (Å²) in [4.78, 5) is 1.12. The Morgan fingerprint density at radius 2 is 2.06 bits per heavy atom. The van der Waals surface area contributed by atoms with Gasteiger partial charge < -0.3 is 10.8 Å². The molecule has 0 aliphatic rings. The molecule has 1 aromatic rings. The second-order valence-corrected chi connectivity index (χ2v) is 5.98. The summed E-state index contributed by atoms with van der Waals surface area (Å²) in [5.41, 5.74) is 4.75. The zero-order valence-corrected chi connectivity index (χ0v) is 11.7. The third-order valence-corrected chi connectivity index (χ3v) is 4.25. The van der Waals surface area contributed by atoms with Crippen LogP contribution in [0, 0.1) is 0 Å². The van der Waals surface area contributed by atoms with Crippen LogP contribution < -0.4 is 5.73 Å². The summed E-state index contributed by atoms with van der Waals surface area (Å²) in [6.07, 6.45) is 2.81. The Morgan fingerprint density at radius 1 is 1.35 bits per heavy atom. The molecule has 1 atom stereocenters. The monoisotopic (exact) mass is 273 g/mol. The van der Waals surface area contributed by atoms with E-state index in [0.717, 1.165) is 34.9 Å². The van der Waals surface area contributed by atoms with Gasteiger partial charge in [0.05, 0.1) is 10.6 Å². The molecule has 0 bridgehead atoms. The van der Waals surface area contributed by atoms with Crippen LogP contribution in [0.2, 0.25) is 5.02 Å². The van der Waals surface area contributed by atoms with Crippen LogP contribution in [0.15, 0.2) is 29.2 Å². The van der Waals surface area contributed by atoms with E-state index in [1.807, 2.05) is 24.3 Å². The molecule has 3 N–H and O–H groups in total. The molecule has 0 aliphatic heterocycles. The fourth-order valence-electron chi connectivity index (χ4n) is 1.45. The lowest BCUT2D eigenvalue weighted by Gasteiger charge is -2.20. The van der Waals surface area contributed by atoms with Gasteiger partial charge in [0.15, 0.2) is 0 Å². The highest BCUT2D eigenvalue weighted by Gasteiger charge is 2.16. The molecule has 0 amide bonds. The third-order valence-electron chi connectivity index (χ3n) is 2.64. The van der Waals surface area contributed by atoms with Crippen molar-refractivity contribution in [3.05, 3.63) is 29.3 Å². The molecule has 96 valence electrons. The lowest BCUT2D eigenvalue weighted by molar-refractivity contribution is 0.0577. The van der Waals surface area contributed by atoms with Crippen molar-refractivity contribution in [2.24, 2.45) is 5.73 Å². The maximum atomic E-state index is 9.73. The number of aliphatic hydroxyl groups is 1.